The molecule has 0 amide bonds. The molecule has 0 aliphatic heterocycles. The molecule has 0 aliphatic carbocycles. The highest BCUT2D eigenvalue weighted by Gasteiger charge is 2.14. The van der Waals surface area contributed by atoms with E-state index in [1.54, 1.807) is 12.1 Å². The van der Waals surface area contributed by atoms with Crippen molar-refractivity contribution in [2.45, 2.75) is 13.8 Å². The van der Waals surface area contributed by atoms with E-state index in [0.29, 0.717) is 11.3 Å². The van der Waals surface area contributed by atoms with Crippen molar-refractivity contribution in [1.82, 2.24) is 0 Å². The molecule has 0 aliphatic rings. The Bertz CT molecular complexity index is 432. The summed E-state index contributed by atoms with van der Waals surface area (Å²) in [6.07, 6.45) is 0. The maximum absolute atomic E-state index is 11.8. The van der Waals surface area contributed by atoms with E-state index in [0.717, 1.165) is 11.3 Å². The van der Waals surface area contributed by atoms with Gasteiger partial charge >= 0.3 is 0 Å². The van der Waals surface area contributed by atoms with E-state index in [2.05, 4.69) is 0 Å². The third-order valence-electron chi connectivity index (χ3n) is 2.17. The molecule has 0 radical (unpaired) electrons. The predicted molar refractivity (Wildman–Crippen MR) is 55.9 cm³/mol. The number of thiophene rings is 1. The summed E-state index contributed by atoms with van der Waals surface area (Å²) in [7, 11) is 0. The van der Waals surface area contributed by atoms with Crippen LogP contribution in [0.5, 0.6) is 0 Å². The Morgan fingerprint density at radius 2 is 2.21 bits per heavy atom. The number of rotatable bonds is 2. The maximum atomic E-state index is 11.8. The highest BCUT2D eigenvalue weighted by atomic mass is 32.1. The van der Waals surface area contributed by atoms with Crippen molar-refractivity contribution in [3.63, 3.8) is 0 Å². The van der Waals surface area contributed by atoms with Gasteiger partial charge in [0.25, 0.3) is 0 Å². The molecule has 3 heteroatoms. The molecule has 0 spiro atoms. The molecule has 0 aromatic carbocycles. The molecule has 2 nitrogen and oxygen atoms in total. The van der Waals surface area contributed by atoms with E-state index in [-0.39, 0.29) is 5.78 Å². The summed E-state index contributed by atoms with van der Waals surface area (Å²) in [6, 6.07) is 3.59. The SMILES string of the molecule is Cc1cc(C(=O)c2ccsc2)oc1C. The molecule has 0 unspecified atom stereocenters. The molecule has 14 heavy (non-hydrogen) atoms. The lowest BCUT2D eigenvalue weighted by Gasteiger charge is -1.91. The zero-order chi connectivity index (χ0) is 10.1. The molecule has 0 fully saturated rings. The van der Waals surface area contributed by atoms with Crippen molar-refractivity contribution in [1.29, 1.82) is 0 Å². The highest BCUT2D eigenvalue weighted by molar-refractivity contribution is 7.08. The van der Waals surface area contributed by atoms with Crippen molar-refractivity contribution in [2.24, 2.45) is 0 Å². The molecule has 2 heterocycles. The molecule has 0 N–H and O–H groups in total. The van der Waals surface area contributed by atoms with Crippen LogP contribution in [0.25, 0.3) is 0 Å². The Hall–Kier alpha value is -1.35. The average molecular weight is 206 g/mol. The first-order chi connectivity index (χ1) is 6.68. The molecule has 2 aromatic heterocycles. The van der Waals surface area contributed by atoms with Crippen LogP contribution < -0.4 is 0 Å². The van der Waals surface area contributed by atoms with Crippen LogP contribution in [0.4, 0.5) is 0 Å². The summed E-state index contributed by atoms with van der Waals surface area (Å²) in [5, 5.41) is 3.71. The van der Waals surface area contributed by atoms with E-state index >= 15 is 0 Å². The fraction of sp³-hybridized carbons (Fsp3) is 0.182. The second-order valence-electron chi connectivity index (χ2n) is 3.19. The summed E-state index contributed by atoms with van der Waals surface area (Å²) in [4.78, 5) is 11.8. The molecule has 2 rings (SSSR count). The van der Waals surface area contributed by atoms with Gasteiger partial charge in [0.1, 0.15) is 5.76 Å². The Balaban J connectivity index is 2.37. The number of furan rings is 1. The Kier molecular flexibility index (Phi) is 2.25. The molecular formula is C11H10O2S. The number of hydrogen-bond donors (Lipinski definition) is 0. The first kappa shape index (κ1) is 9.21. The third-order valence-corrected chi connectivity index (χ3v) is 2.86. The lowest BCUT2D eigenvalue weighted by atomic mass is 10.1. The lowest BCUT2D eigenvalue weighted by Crippen LogP contribution is -1.96. The van der Waals surface area contributed by atoms with Crippen molar-refractivity contribution in [3.05, 3.63) is 45.5 Å². The largest absolute Gasteiger partial charge is 0.458 e. The van der Waals surface area contributed by atoms with Crippen LogP contribution in [0, 0.1) is 13.8 Å². The van der Waals surface area contributed by atoms with Gasteiger partial charge in [0.05, 0.1) is 0 Å². The van der Waals surface area contributed by atoms with Crippen LogP contribution in [0.2, 0.25) is 0 Å². The minimum absolute atomic E-state index is 0.0394. The van der Waals surface area contributed by atoms with Crippen LogP contribution >= 0.6 is 11.3 Å². The number of aryl methyl sites for hydroxylation is 2. The summed E-state index contributed by atoms with van der Waals surface area (Å²) >= 11 is 1.51. The van der Waals surface area contributed by atoms with Crippen LogP contribution in [-0.4, -0.2) is 5.78 Å². The zero-order valence-electron chi connectivity index (χ0n) is 8.03. The monoisotopic (exact) mass is 206 g/mol. The van der Waals surface area contributed by atoms with Gasteiger partial charge in [-0.3, -0.25) is 4.79 Å². The average Bonchev–Trinajstić information content (AvgIpc) is 2.76. The first-order valence-corrected chi connectivity index (χ1v) is 5.26. The molecule has 0 saturated carbocycles. The number of ketones is 1. The smallest absolute Gasteiger partial charge is 0.229 e. The van der Waals surface area contributed by atoms with Crippen LogP contribution in [0.15, 0.2) is 27.3 Å². The van der Waals surface area contributed by atoms with Gasteiger partial charge in [-0.15, -0.1) is 0 Å². The van der Waals surface area contributed by atoms with E-state index < -0.39 is 0 Å². The summed E-state index contributed by atoms with van der Waals surface area (Å²) in [5.74, 6) is 1.20. The van der Waals surface area contributed by atoms with Crippen molar-refractivity contribution >= 4 is 17.1 Å². The van der Waals surface area contributed by atoms with Gasteiger partial charge in [-0.2, -0.15) is 11.3 Å². The lowest BCUT2D eigenvalue weighted by molar-refractivity contribution is 0.101. The molecular weight excluding hydrogens is 196 g/mol. The summed E-state index contributed by atoms with van der Waals surface area (Å²) < 4.78 is 5.35. The van der Waals surface area contributed by atoms with Gasteiger partial charge in [0.15, 0.2) is 5.76 Å². The second-order valence-corrected chi connectivity index (χ2v) is 3.97. The number of carbonyl (C=O) groups is 1. The quantitative estimate of drug-likeness (QED) is 0.706. The van der Waals surface area contributed by atoms with Gasteiger partial charge in [-0.1, -0.05) is 0 Å². The minimum Gasteiger partial charge on any atom is -0.458 e. The van der Waals surface area contributed by atoms with Gasteiger partial charge in [0.2, 0.25) is 5.78 Å². The van der Waals surface area contributed by atoms with Crippen LogP contribution in [0.1, 0.15) is 27.4 Å². The molecule has 0 bridgehead atoms. The van der Waals surface area contributed by atoms with Gasteiger partial charge in [-0.25, -0.2) is 0 Å². The van der Waals surface area contributed by atoms with Gasteiger partial charge in [0, 0.05) is 10.9 Å². The van der Waals surface area contributed by atoms with Crippen molar-refractivity contribution < 1.29 is 9.21 Å². The van der Waals surface area contributed by atoms with Crippen LogP contribution in [-0.2, 0) is 0 Å². The first-order valence-electron chi connectivity index (χ1n) is 4.32. The second kappa shape index (κ2) is 3.42. The Morgan fingerprint density at radius 3 is 2.71 bits per heavy atom. The number of carbonyl (C=O) groups excluding carboxylic acids is 1. The topological polar surface area (TPSA) is 30.2 Å². The van der Waals surface area contributed by atoms with Crippen LogP contribution in [0.3, 0.4) is 0 Å². The Morgan fingerprint density at radius 1 is 1.43 bits per heavy atom. The molecule has 72 valence electrons. The normalized spacial score (nSPS) is 10.4. The van der Waals surface area contributed by atoms with Gasteiger partial charge in [-0.05, 0) is 36.9 Å². The maximum Gasteiger partial charge on any atom is 0.229 e. The standard InChI is InChI=1S/C11H10O2S/c1-7-5-10(13-8(7)2)11(12)9-3-4-14-6-9/h3-6H,1-2H3. The minimum atomic E-state index is -0.0394. The Labute approximate surface area is 86.2 Å². The van der Waals surface area contributed by atoms with E-state index in [1.165, 1.54) is 11.3 Å². The molecule has 2 aromatic rings. The molecule has 0 atom stereocenters. The fourth-order valence-electron chi connectivity index (χ4n) is 1.22. The van der Waals surface area contributed by atoms with Gasteiger partial charge < -0.3 is 4.42 Å². The van der Waals surface area contributed by atoms with E-state index in [4.69, 9.17) is 4.42 Å². The predicted octanol–water partition coefficient (Wildman–Crippen LogP) is 3.19. The molecule has 0 saturated heterocycles. The third kappa shape index (κ3) is 1.51. The highest BCUT2D eigenvalue weighted by Crippen LogP contribution is 2.18. The van der Waals surface area contributed by atoms with E-state index in [1.807, 2.05) is 24.6 Å². The summed E-state index contributed by atoms with van der Waals surface area (Å²) in [6.45, 7) is 3.79. The fourth-order valence-corrected chi connectivity index (χ4v) is 1.86. The van der Waals surface area contributed by atoms with Crippen molar-refractivity contribution in [2.75, 3.05) is 0 Å². The van der Waals surface area contributed by atoms with Crippen molar-refractivity contribution in [3.8, 4) is 0 Å². The number of hydrogen-bond acceptors (Lipinski definition) is 3. The summed E-state index contributed by atoms with van der Waals surface area (Å²) in [5.41, 5.74) is 1.72. The zero-order valence-corrected chi connectivity index (χ0v) is 8.85. The van der Waals surface area contributed by atoms with E-state index in [9.17, 15) is 4.79 Å².